The van der Waals surface area contributed by atoms with E-state index < -0.39 is 27.1 Å². The van der Waals surface area contributed by atoms with E-state index in [0.717, 1.165) is 18.2 Å². The first-order chi connectivity index (χ1) is 15.2. The molecule has 1 aliphatic rings. The molecule has 12 nitrogen and oxygen atoms in total. The number of anilines is 1. The van der Waals surface area contributed by atoms with Gasteiger partial charge in [-0.1, -0.05) is 6.07 Å². The third-order valence-electron chi connectivity index (χ3n) is 4.48. The van der Waals surface area contributed by atoms with Gasteiger partial charge in [-0.15, -0.1) is 0 Å². The molecule has 0 aromatic heterocycles. The average Bonchev–Trinajstić information content (AvgIpc) is 2.78. The van der Waals surface area contributed by atoms with Gasteiger partial charge in [0.25, 0.3) is 23.2 Å². The first kappa shape index (κ1) is 22.7. The Bertz CT molecular complexity index is 1070. The molecule has 166 valence electrons. The lowest BCUT2D eigenvalue weighted by Crippen LogP contribution is -2.40. The number of nitrogens with zero attached hydrogens (tertiary/aromatic N) is 3. The number of hydrogen-bond acceptors (Lipinski definition) is 8. The van der Waals surface area contributed by atoms with E-state index in [2.05, 4.69) is 10.6 Å². The number of nitrogens with one attached hydrogen (secondary N) is 2. The summed E-state index contributed by atoms with van der Waals surface area (Å²) in [5.41, 5.74) is -0.652. The van der Waals surface area contributed by atoms with E-state index in [-0.39, 0.29) is 16.6 Å². The highest BCUT2D eigenvalue weighted by atomic mass is 32.1. The second kappa shape index (κ2) is 9.89. The van der Waals surface area contributed by atoms with Crippen molar-refractivity contribution in [1.82, 2.24) is 10.2 Å². The fourth-order valence-corrected chi connectivity index (χ4v) is 3.16. The molecule has 1 saturated heterocycles. The lowest BCUT2D eigenvalue weighted by Gasteiger charge is -2.27. The Hall–Kier alpha value is -3.97. The van der Waals surface area contributed by atoms with Gasteiger partial charge in [0.15, 0.2) is 5.11 Å². The predicted octanol–water partition coefficient (Wildman–Crippen LogP) is 2.10. The van der Waals surface area contributed by atoms with Crippen molar-refractivity contribution in [3.8, 4) is 0 Å². The number of thiocarbonyl (C=S) groups is 1. The summed E-state index contributed by atoms with van der Waals surface area (Å²) >= 11 is 5.09. The second-order valence-corrected chi connectivity index (χ2v) is 7.05. The molecule has 13 heteroatoms. The van der Waals surface area contributed by atoms with Gasteiger partial charge in [-0.2, -0.15) is 0 Å². The van der Waals surface area contributed by atoms with Crippen molar-refractivity contribution in [1.29, 1.82) is 0 Å². The first-order valence-corrected chi connectivity index (χ1v) is 9.68. The van der Waals surface area contributed by atoms with Crippen LogP contribution in [0, 0.1) is 20.2 Å². The summed E-state index contributed by atoms with van der Waals surface area (Å²) in [4.78, 5) is 47.0. The molecular formula is C19H17N5O7S. The maximum Gasteiger partial charge on any atom is 0.277 e. The lowest BCUT2D eigenvalue weighted by atomic mass is 10.1. The van der Waals surface area contributed by atoms with Crippen molar-refractivity contribution in [3.05, 3.63) is 73.8 Å². The van der Waals surface area contributed by atoms with Crippen molar-refractivity contribution in [3.63, 3.8) is 0 Å². The molecule has 0 bridgehead atoms. The zero-order chi connectivity index (χ0) is 23.3. The molecule has 0 atom stereocenters. The molecule has 2 amide bonds. The molecule has 2 aromatic rings. The Morgan fingerprint density at radius 2 is 1.59 bits per heavy atom. The molecule has 0 aliphatic carbocycles. The van der Waals surface area contributed by atoms with Crippen molar-refractivity contribution >= 4 is 46.2 Å². The topological polar surface area (TPSA) is 157 Å². The Kier molecular flexibility index (Phi) is 7.02. The zero-order valence-electron chi connectivity index (χ0n) is 16.5. The zero-order valence-corrected chi connectivity index (χ0v) is 17.3. The fourth-order valence-electron chi connectivity index (χ4n) is 2.95. The molecule has 1 fully saturated rings. The predicted molar refractivity (Wildman–Crippen MR) is 117 cm³/mol. The monoisotopic (exact) mass is 459 g/mol. The Morgan fingerprint density at radius 1 is 0.969 bits per heavy atom. The van der Waals surface area contributed by atoms with E-state index >= 15 is 0 Å². The molecular weight excluding hydrogens is 442 g/mol. The average molecular weight is 459 g/mol. The maximum atomic E-state index is 12.6. The maximum absolute atomic E-state index is 12.6. The van der Waals surface area contributed by atoms with E-state index in [0.29, 0.717) is 37.6 Å². The van der Waals surface area contributed by atoms with Crippen LogP contribution in [-0.2, 0) is 4.74 Å². The number of non-ortho nitro benzene ring substituents is 2. The summed E-state index contributed by atoms with van der Waals surface area (Å²) in [6.45, 7) is 1.91. The van der Waals surface area contributed by atoms with E-state index in [4.69, 9.17) is 17.0 Å². The van der Waals surface area contributed by atoms with Crippen molar-refractivity contribution < 1.29 is 24.2 Å². The van der Waals surface area contributed by atoms with Crippen LogP contribution in [0.2, 0.25) is 0 Å². The number of amides is 2. The highest BCUT2D eigenvalue weighted by Crippen LogP contribution is 2.22. The van der Waals surface area contributed by atoms with Crippen LogP contribution in [-0.4, -0.2) is 58.0 Å². The van der Waals surface area contributed by atoms with Crippen LogP contribution in [0.25, 0.3) is 0 Å². The van der Waals surface area contributed by atoms with E-state index in [9.17, 15) is 29.8 Å². The molecule has 32 heavy (non-hydrogen) atoms. The smallest absolute Gasteiger partial charge is 0.277 e. The summed E-state index contributed by atoms with van der Waals surface area (Å²) in [5, 5.41) is 26.9. The summed E-state index contributed by atoms with van der Waals surface area (Å²) in [5.74, 6) is -1.04. The summed E-state index contributed by atoms with van der Waals surface area (Å²) in [6.07, 6.45) is 0. The molecule has 1 heterocycles. The van der Waals surface area contributed by atoms with E-state index in [1.165, 1.54) is 0 Å². The Balaban J connectivity index is 1.69. The highest BCUT2D eigenvalue weighted by Gasteiger charge is 2.21. The number of ether oxygens (including phenoxy) is 1. The van der Waals surface area contributed by atoms with Crippen molar-refractivity contribution in [2.75, 3.05) is 31.6 Å². The normalized spacial score (nSPS) is 13.2. The van der Waals surface area contributed by atoms with E-state index in [1.807, 2.05) is 0 Å². The number of hydrogen-bond donors (Lipinski definition) is 2. The molecule has 1 aliphatic heterocycles. The van der Waals surface area contributed by atoms with Crippen LogP contribution < -0.4 is 10.6 Å². The summed E-state index contributed by atoms with van der Waals surface area (Å²) < 4.78 is 5.24. The van der Waals surface area contributed by atoms with Crippen LogP contribution in [0.5, 0.6) is 0 Å². The number of rotatable bonds is 5. The van der Waals surface area contributed by atoms with Crippen LogP contribution in [0.3, 0.4) is 0 Å². The second-order valence-electron chi connectivity index (χ2n) is 6.65. The molecule has 2 aromatic carbocycles. The van der Waals surface area contributed by atoms with Crippen LogP contribution >= 0.6 is 12.2 Å². The van der Waals surface area contributed by atoms with Gasteiger partial charge in [0.1, 0.15) is 0 Å². The molecule has 0 radical (unpaired) electrons. The quantitative estimate of drug-likeness (QED) is 0.388. The van der Waals surface area contributed by atoms with Crippen LogP contribution in [0.15, 0.2) is 42.5 Å². The molecule has 0 saturated carbocycles. The third kappa shape index (κ3) is 5.59. The minimum absolute atomic E-state index is 0.153. The molecule has 2 N–H and O–H groups in total. The minimum atomic E-state index is -0.866. The molecule has 0 spiro atoms. The Morgan fingerprint density at radius 3 is 2.19 bits per heavy atom. The number of morpholine rings is 1. The minimum Gasteiger partial charge on any atom is -0.378 e. The van der Waals surface area contributed by atoms with Gasteiger partial charge in [0, 0.05) is 36.5 Å². The third-order valence-corrected chi connectivity index (χ3v) is 4.68. The van der Waals surface area contributed by atoms with Gasteiger partial charge >= 0.3 is 0 Å². The van der Waals surface area contributed by atoms with E-state index in [1.54, 1.807) is 29.2 Å². The van der Waals surface area contributed by atoms with Crippen LogP contribution in [0.4, 0.5) is 17.1 Å². The fraction of sp³-hybridized carbons (Fsp3) is 0.211. The first-order valence-electron chi connectivity index (χ1n) is 9.28. The number of carbonyl (C=O) groups excluding carboxylic acids is 2. The highest BCUT2D eigenvalue weighted by molar-refractivity contribution is 7.80. The SMILES string of the molecule is O=C(NC(=S)Nc1cccc(C(=O)N2CCOCC2)c1)c1cc([N+](=O)[O-])cc([N+](=O)[O-])c1. The molecule has 0 unspecified atom stereocenters. The summed E-state index contributed by atoms with van der Waals surface area (Å²) in [6, 6.07) is 9.06. The number of benzene rings is 2. The number of nitro benzene ring substituents is 2. The number of carbonyl (C=O) groups is 2. The molecule has 3 rings (SSSR count). The van der Waals surface area contributed by atoms with Crippen molar-refractivity contribution in [2.45, 2.75) is 0 Å². The van der Waals surface area contributed by atoms with Gasteiger partial charge in [0.2, 0.25) is 0 Å². The van der Waals surface area contributed by atoms with Gasteiger partial charge in [-0.05, 0) is 30.4 Å². The number of nitro groups is 2. The largest absolute Gasteiger partial charge is 0.378 e. The van der Waals surface area contributed by atoms with Crippen molar-refractivity contribution in [2.24, 2.45) is 0 Å². The van der Waals surface area contributed by atoms with Crippen LogP contribution in [0.1, 0.15) is 20.7 Å². The van der Waals surface area contributed by atoms with Gasteiger partial charge < -0.3 is 15.0 Å². The lowest BCUT2D eigenvalue weighted by molar-refractivity contribution is -0.394. The van der Waals surface area contributed by atoms with Gasteiger partial charge in [0.05, 0.1) is 34.7 Å². The summed E-state index contributed by atoms with van der Waals surface area (Å²) in [7, 11) is 0. The Labute approximate surface area is 186 Å². The standard InChI is InChI=1S/C19H17N5O7S/c25-17(13-9-15(23(27)28)11-16(10-13)24(29)30)21-19(32)20-14-3-1-2-12(8-14)18(26)22-4-6-31-7-5-22/h1-3,8-11H,4-7H2,(H2,20,21,25,32). The van der Waals surface area contributed by atoms with Gasteiger partial charge in [-0.25, -0.2) is 0 Å². The van der Waals surface area contributed by atoms with Gasteiger partial charge in [-0.3, -0.25) is 35.1 Å².